The van der Waals surface area contributed by atoms with Crippen LogP contribution in [0.1, 0.15) is 38.8 Å². The molecule has 0 bridgehead atoms. The smallest absolute Gasteiger partial charge is 0.0791 e. The standard InChI is InChI=1S/C16H24N2/c1-5-13-18(8-4)15-11-9-14(10-12-15)16(6-2)17-7-3/h1,9-12,16-17H,6-8,13H2,2-4H3. The van der Waals surface area contributed by atoms with Crippen molar-refractivity contribution in [2.75, 3.05) is 24.5 Å². The fourth-order valence-electron chi connectivity index (χ4n) is 2.16. The first-order chi connectivity index (χ1) is 8.76. The van der Waals surface area contributed by atoms with Crippen molar-refractivity contribution < 1.29 is 0 Å². The molecule has 0 aromatic heterocycles. The molecule has 0 fully saturated rings. The number of anilines is 1. The van der Waals surface area contributed by atoms with Crippen molar-refractivity contribution >= 4 is 5.69 Å². The third-order valence-electron chi connectivity index (χ3n) is 3.18. The van der Waals surface area contributed by atoms with Gasteiger partial charge in [-0.3, -0.25) is 0 Å². The Morgan fingerprint density at radius 2 is 1.89 bits per heavy atom. The first-order valence-corrected chi connectivity index (χ1v) is 6.78. The summed E-state index contributed by atoms with van der Waals surface area (Å²) >= 11 is 0. The Morgan fingerprint density at radius 1 is 1.22 bits per heavy atom. The average molecular weight is 244 g/mol. The van der Waals surface area contributed by atoms with Gasteiger partial charge in [0, 0.05) is 18.3 Å². The fourth-order valence-corrected chi connectivity index (χ4v) is 2.16. The van der Waals surface area contributed by atoms with Gasteiger partial charge in [-0.2, -0.15) is 0 Å². The number of rotatable bonds is 7. The molecule has 0 spiro atoms. The second kappa shape index (κ2) is 7.79. The minimum Gasteiger partial charge on any atom is -0.361 e. The van der Waals surface area contributed by atoms with Crippen LogP contribution >= 0.6 is 0 Å². The van der Waals surface area contributed by atoms with Crippen molar-refractivity contribution in [1.29, 1.82) is 0 Å². The molecule has 2 heteroatoms. The lowest BCUT2D eigenvalue weighted by Gasteiger charge is -2.22. The van der Waals surface area contributed by atoms with Gasteiger partial charge in [-0.1, -0.05) is 31.9 Å². The van der Waals surface area contributed by atoms with Gasteiger partial charge in [0.1, 0.15) is 0 Å². The molecule has 0 saturated carbocycles. The zero-order valence-corrected chi connectivity index (χ0v) is 11.7. The number of hydrogen-bond acceptors (Lipinski definition) is 2. The molecule has 0 aliphatic heterocycles. The normalized spacial score (nSPS) is 11.9. The molecule has 98 valence electrons. The van der Waals surface area contributed by atoms with Crippen LogP contribution in [0, 0.1) is 12.3 Å². The Kier molecular flexibility index (Phi) is 6.32. The van der Waals surface area contributed by atoms with Crippen LogP contribution in [-0.2, 0) is 0 Å². The lowest BCUT2D eigenvalue weighted by molar-refractivity contribution is 0.537. The van der Waals surface area contributed by atoms with E-state index in [4.69, 9.17) is 6.42 Å². The Bertz CT molecular complexity index is 375. The molecule has 0 aliphatic rings. The highest BCUT2D eigenvalue weighted by atomic mass is 15.1. The average Bonchev–Trinajstić information content (AvgIpc) is 2.42. The molecule has 1 N–H and O–H groups in total. The Hall–Kier alpha value is -1.46. The molecule has 1 unspecified atom stereocenters. The molecule has 1 aromatic rings. The molecule has 18 heavy (non-hydrogen) atoms. The van der Waals surface area contributed by atoms with Crippen LogP contribution in [0.3, 0.4) is 0 Å². The molecule has 1 atom stereocenters. The largest absolute Gasteiger partial charge is 0.361 e. The van der Waals surface area contributed by atoms with E-state index in [-0.39, 0.29) is 0 Å². The lowest BCUT2D eigenvalue weighted by atomic mass is 10.0. The first kappa shape index (κ1) is 14.6. The molecule has 2 nitrogen and oxygen atoms in total. The predicted octanol–water partition coefficient (Wildman–Crippen LogP) is 3.21. The molecule has 0 aliphatic carbocycles. The second-order valence-corrected chi connectivity index (χ2v) is 4.33. The molecule has 0 amide bonds. The van der Waals surface area contributed by atoms with Crippen LogP contribution in [0.15, 0.2) is 24.3 Å². The van der Waals surface area contributed by atoms with Crippen molar-refractivity contribution in [3.8, 4) is 12.3 Å². The van der Waals surface area contributed by atoms with E-state index in [1.165, 1.54) is 11.3 Å². The fraction of sp³-hybridized carbons (Fsp3) is 0.500. The predicted molar refractivity (Wildman–Crippen MR) is 79.9 cm³/mol. The van der Waals surface area contributed by atoms with E-state index in [2.05, 4.69) is 61.2 Å². The summed E-state index contributed by atoms with van der Waals surface area (Å²) in [6.45, 7) is 9.08. The van der Waals surface area contributed by atoms with E-state index >= 15 is 0 Å². The molecule has 0 heterocycles. The van der Waals surface area contributed by atoms with Crippen LogP contribution in [0.25, 0.3) is 0 Å². The van der Waals surface area contributed by atoms with Crippen molar-refractivity contribution in [3.05, 3.63) is 29.8 Å². The van der Waals surface area contributed by atoms with Gasteiger partial charge in [-0.15, -0.1) is 6.42 Å². The molecule has 0 saturated heterocycles. The summed E-state index contributed by atoms with van der Waals surface area (Å²) in [4.78, 5) is 2.19. The lowest BCUT2D eigenvalue weighted by Crippen LogP contribution is -2.23. The maximum absolute atomic E-state index is 5.38. The maximum Gasteiger partial charge on any atom is 0.0791 e. The molecule has 1 aromatic carbocycles. The van der Waals surface area contributed by atoms with Crippen LogP contribution < -0.4 is 10.2 Å². The summed E-state index contributed by atoms with van der Waals surface area (Å²) in [6, 6.07) is 9.18. The summed E-state index contributed by atoms with van der Waals surface area (Å²) in [5.74, 6) is 2.70. The van der Waals surface area contributed by atoms with Crippen LogP contribution in [-0.4, -0.2) is 19.6 Å². The highest BCUT2D eigenvalue weighted by molar-refractivity contribution is 5.49. The highest BCUT2D eigenvalue weighted by Crippen LogP contribution is 2.21. The number of hydrogen-bond donors (Lipinski definition) is 1. The van der Waals surface area contributed by atoms with E-state index < -0.39 is 0 Å². The maximum atomic E-state index is 5.38. The summed E-state index contributed by atoms with van der Waals surface area (Å²) in [7, 11) is 0. The zero-order valence-electron chi connectivity index (χ0n) is 11.7. The summed E-state index contributed by atoms with van der Waals surface area (Å²) in [5.41, 5.74) is 2.55. The molecule has 1 rings (SSSR count). The monoisotopic (exact) mass is 244 g/mol. The minimum absolute atomic E-state index is 0.451. The summed E-state index contributed by atoms with van der Waals surface area (Å²) in [5, 5.41) is 3.49. The van der Waals surface area contributed by atoms with E-state index in [9.17, 15) is 0 Å². The summed E-state index contributed by atoms with van der Waals surface area (Å²) < 4.78 is 0. The van der Waals surface area contributed by atoms with Crippen molar-refractivity contribution in [3.63, 3.8) is 0 Å². The minimum atomic E-state index is 0.451. The molecular weight excluding hydrogens is 220 g/mol. The van der Waals surface area contributed by atoms with E-state index in [0.717, 1.165) is 19.5 Å². The highest BCUT2D eigenvalue weighted by Gasteiger charge is 2.08. The number of terminal acetylenes is 1. The van der Waals surface area contributed by atoms with Gasteiger partial charge in [0.25, 0.3) is 0 Å². The first-order valence-electron chi connectivity index (χ1n) is 6.78. The van der Waals surface area contributed by atoms with Gasteiger partial charge in [-0.05, 0) is 37.6 Å². The van der Waals surface area contributed by atoms with Gasteiger partial charge >= 0.3 is 0 Å². The van der Waals surface area contributed by atoms with Gasteiger partial charge < -0.3 is 10.2 Å². The number of nitrogens with zero attached hydrogens (tertiary/aromatic N) is 1. The van der Waals surface area contributed by atoms with Gasteiger partial charge in [0.2, 0.25) is 0 Å². The summed E-state index contributed by atoms with van der Waals surface area (Å²) in [6.07, 6.45) is 6.49. The number of benzene rings is 1. The van der Waals surface area contributed by atoms with E-state index in [1.807, 2.05) is 0 Å². The Balaban J connectivity index is 2.81. The van der Waals surface area contributed by atoms with Gasteiger partial charge in [-0.25, -0.2) is 0 Å². The van der Waals surface area contributed by atoms with Crippen molar-refractivity contribution in [2.45, 2.75) is 33.2 Å². The SMILES string of the molecule is C#CCN(CC)c1ccc(C(CC)NCC)cc1. The Labute approximate surface area is 111 Å². The third-order valence-corrected chi connectivity index (χ3v) is 3.18. The van der Waals surface area contributed by atoms with Gasteiger partial charge in [0.15, 0.2) is 0 Å². The van der Waals surface area contributed by atoms with E-state index in [1.54, 1.807) is 0 Å². The van der Waals surface area contributed by atoms with E-state index in [0.29, 0.717) is 12.6 Å². The van der Waals surface area contributed by atoms with Gasteiger partial charge in [0.05, 0.1) is 6.54 Å². The van der Waals surface area contributed by atoms with Crippen LogP contribution in [0.5, 0.6) is 0 Å². The van der Waals surface area contributed by atoms with Crippen molar-refractivity contribution in [1.82, 2.24) is 5.32 Å². The third kappa shape index (κ3) is 3.78. The van der Waals surface area contributed by atoms with Crippen molar-refractivity contribution in [2.24, 2.45) is 0 Å². The Morgan fingerprint density at radius 3 is 2.33 bits per heavy atom. The second-order valence-electron chi connectivity index (χ2n) is 4.33. The zero-order chi connectivity index (χ0) is 13.4. The topological polar surface area (TPSA) is 15.3 Å². The molecule has 0 radical (unpaired) electrons. The number of nitrogens with one attached hydrogen (secondary N) is 1. The van der Waals surface area contributed by atoms with Crippen LogP contribution in [0.4, 0.5) is 5.69 Å². The quantitative estimate of drug-likeness (QED) is 0.741. The van der Waals surface area contributed by atoms with Crippen LogP contribution in [0.2, 0.25) is 0 Å². The molecular formula is C16H24N2.